The Morgan fingerprint density at radius 3 is 3.04 bits per heavy atom. The number of hydrogen-bond acceptors (Lipinski definition) is 2. The number of nitrogens with one attached hydrogen (secondary N) is 1. The van der Waals surface area contributed by atoms with Crippen molar-refractivity contribution in [3.63, 3.8) is 0 Å². The first-order valence-corrected chi connectivity index (χ1v) is 9.23. The van der Waals surface area contributed by atoms with Crippen LogP contribution in [-0.2, 0) is 6.42 Å². The Morgan fingerprint density at radius 1 is 1.32 bits per heavy atom. The van der Waals surface area contributed by atoms with Crippen LogP contribution in [0.3, 0.4) is 0 Å². The van der Waals surface area contributed by atoms with Crippen LogP contribution in [0.2, 0.25) is 0 Å². The third-order valence-electron chi connectivity index (χ3n) is 6.03. The number of H-pyrrole nitrogens is 1. The standard InChI is InChI=1S/C21H22FN3/c1-2-19(13-4-3-9-23-12-13)25-15-6-8-20(25)21-16-10-14(22)5-7-17(16)24-18(21)11-15/h3-5,7,9-10,12,15,19-20,24H,2,6,8,11H2,1H3. The zero-order chi connectivity index (χ0) is 17.0. The van der Waals surface area contributed by atoms with Gasteiger partial charge >= 0.3 is 0 Å². The first-order valence-electron chi connectivity index (χ1n) is 9.23. The van der Waals surface area contributed by atoms with Crippen molar-refractivity contribution < 1.29 is 4.39 Å². The first-order chi connectivity index (χ1) is 12.3. The van der Waals surface area contributed by atoms with Crippen molar-refractivity contribution in [3.05, 3.63) is 65.4 Å². The van der Waals surface area contributed by atoms with Crippen LogP contribution in [0, 0.1) is 5.82 Å². The lowest BCUT2D eigenvalue weighted by Gasteiger charge is -2.40. The average molecular weight is 335 g/mol. The highest BCUT2D eigenvalue weighted by molar-refractivity contribution is 5.85. The monoisotopic (exact) mass is 335 g/mol. The Labute approximate surface area is 146 Å². The fourth-order valence-electron chi connectivity index (χ4n) is 5.09. The molecule has 0 spiro atoms. The van der Waals surface area contributed by atoms with Crippen LogP contribution in [0.25, 0.3) is 10.9 Å². The van der Waals surface area contributed by atoms with Gasteiger partial charge in [0.2, 0.25) is 0 Å². The molecular formula is C21H22FN3. The molecule has 1 aromatic carbocycles. The summed E-state index contributed by atoms with van der Waals surface area (Å²) in [6.45, 7) is 2.25. The van der Waals surface area contributed by atoms with Gasteiger partial charge in [0, 0.05) is 53.5 Å². The van der Waals surface area contributed by atoms with Crippen molar-refractivity contribution in [1.29, 1.82) is 0 Å². The van der Waals surface area contributed by atoms with Gasteiger partial charge in [-0.1, -0.05) is 13.0 Å². The number of nitrogens with zero attached hydrogens (tertiary/aromatic N) is 2. The van der Waals surface area contributed by atoms with E-state index in [0.717, 1.165) is 30.2 Å². The lowest BCUT2D eigenvalue weighted by molar-refractivity contribution is 0.111. The van der Waals surface area contributed by atoms with Crippen LogP contribution in [-0.4, -0.2) is 20.9 Å². The normalized spacial score (nSPS) is 23.8. The Bertz CT molecular complexity index is 918. The van der Waals surface area contributed by atoms with Crippen LogP contribution in [0.4, 0.5) is 4.39 Å². The Kier molecular flexibility index (Phi) is 3.42. The Hall–Kier alpha value is -2.20. The number of rotatable bonds is 3. The summed E-state index contributed by atoms with van der Waals surface area (Å²) in [4.78, 5) is 10.6. The maximum absolute atomic E-state index is 13.9. The van der Waals surface area contributed by atoms with Crippen molar-refractivity contribution in [2.75, 3.05) is 0 Å². The zero-order valence-electron chi connectivity index (χ0n) is 14.4. The van der Waals surface area contributed by atoms with Gasteiger partial charge in [0.15, 0.2) is 0 Å². The van der Waals surface area contributed by atoms with E-state index in [4.69, 9.17) is 0 Å². The molecule has 3 atom stereocenters. The molecule has 1 N–H and O–H groups in total. The van der Waals surface area contributed by atoms with E-state index in [2.05, 4.69) is 27.9 Å². The summed E-state index contributed by atoms with van der Waals surface area (Å²) in [5, 5.41) is 1.06. The van der Waals surface area contributed by atoms with E-state index in [-0.39, 0.29) is 5.82 Å². The van der Waals surface area contributed by atoms with E-state index in [1.165, 1.54) is 23.2 Å². The zero-order valence-corrected chi connectivity index (χ0v) is 14.4. The van der Waals surface area contributed by atoms with Gasteiger partial charge in [0.25, 0.3) is 0 Å². The SMILES string of the molecule is CCC(c1cccnc1)N1C2CCC1c1c([nH]c3ccc(F)cc13)C2. The quantitative estimate of drug-likeness (QED) is 0.737. The van der Waals surface area contributed by atoms with Crippen molar-refractivity contribution in [2.24, 2.45) is 0 Å². The molecule has 2 aliphatic heterocycles. The van der Waals surface area contributed by atoms with E-state index >= 15 is 0 Å². The van der Waals surface area contributed by atoms with Gasteiger partial charge in [-0.15, -0.1) is 0 Å². The van der Waals surface area contributed by atoms with Crippen molar-refractivity contribution in [2.45, 2.75) is 50.7 Å². The number of hydrogen-bond donors (Lipinski definition) is 1. The fraction of sp³-hybridized carbons (Fsp3) is 0.381. The van der Waals surface area contributed by atoms with Gasteiger partial charge in [-0.05, 0) is 54.7 Å². The second kappa shape index (κ2) is 5.67. The number of fused-ring (bicyclic) bond motifs is 6. The third kappa shape index (κ3) is 2.24. The van der Waals surface area contributed by atoms with Gasteiger partial charge in [0.05, 0.1) is 0 Å². The van der Waals surface area contributed by atoms with E-state index in [9.17, 15) is 4.39 Å². The Balaban J connectivity index is 1.63. The maximum Gasteiger partial charge on any atom is 0.123 e. The molecule has 2 aliphatic rings. The van der Waals surface area contributed by atoms with E-state index < -0.39 is 0 Å². The molecule has 25 heavy (non-hydrogen) atoms. The molecule has 4 heteroatoms. The molecule has 0 radical (unpaired) electrons. The molecule has 0 saturated carbocycles. The molecule has 128 valence electrons. The highest BCUT2D eigenvalue weighted by Crippen LogP contribution is 2.50. The van der Waals surface area contributed by atoms with Crippen LogP contribution < -0.4 is 0 Å². The predicted molar refractivity (Wildman–Crippen MR) is 96.8 cm³/mol. The van der Waals surface area contributed by atoms with Gasteiger partial charge < -0.3 is 4.98 Å². The topological polar surface area (TPSA) is 31.9 Å². The van der Waals surface area contributed by atoms with Crippen molar-refractivity contribution >= 4 is 10.9 Å². The lowest BCUT2D eigenvalue weighted by Crippen LogP contribution is -2.40. The molecule has 0 aliphatic carbocycles. The van der Waals surface area contributed by atoms with Gasteiger partial charge in [-0.25, -0.2) is 4.39 Å². The largest absolute Gasteiger partial charge is 0.358 e. The molecule has 2 aromatic heterocycles. The first kappa shape index (κ1) is 15.1. The summed E-state index contributed by atoms with van der Waals surface area (Å²) >= 11 is 0. The molecule has 1 saturated heterocycles. The van der Waals surface area contributed by atoms with E-state index in [1.807, 2.05) is 24.5 Å². The molecule has 2 bridgehead atoms. The van der Waals surface area contributed by atoms with Crippen molar-refractivity contribution in [1.82, 2.24) is 14.9 Å². The molecule has 3 nitrogen and oxygen atoms in total. The molecule has 0 amide bonds. The molecule has 5 rings (SSSR count). The second-order valence-corrected chi connectivity index (χ2v) is 7.32. The highest BCUT2D eigenvalue weighted by Gasteiger charge is 2.44. The second-order valence-electron chi connectivity index (χ2n) is 7.32. The maximum atomic E-state index is 13.9. The van der Waals surface area contributed by atoms with Gasteiger partial charge in [-0.2, -0.15) is 0 Å². The van der Waals surface area contributed by atoms with Crippen molar-refractivity contribution in [3.8, 4) is 0 Å². The highest BCUT2D eigenvalue weighted by atomic mass is 19.1. The van der Waals surface area contributed by atoms with Crippen LogP contribution in [0.5, 0.6) is 0 Å². The van der Waals surface area contributed by atoms with Gasteiger partial charge in [0.1, 0.15) is 5.82 Å². The summed E-state index contributed by atoms with van der Waals surface area (Å²) in [7, 11) is 0. The summed E-state index contributed by atoms with van der Waals surface area (Å²) in [6.07, 6.45) is 8.28. The van der Waals surface area contributed by atoms with Crippen LogP contribution >= 0.6 is 0 Å². The molecule has 1 fully saturated rings. The lowest BCUT2D eigenvalue weighted by atomic mass is 9.92. The summed E-state index contributed by atoms with van der Waals surface area (Å²) in [5.41, 5.74) is 4.99. The summed E-state index contributed by atoms with van der Waals surface area (Å²) < 4.78 is 13.9. The predicted octanol–water partition coefficient (Wildman–Crippen LogP) is 4.91. The minimum absolute atomic E-state index is 0.153. The average Bonchev–Trinajstić information content (AvgIpc) is 3.13. The Morgan fingerprint density at radius 2 is 2.24 bits per heavy atom. The molecule has 3 aromatic rings. The summed E-state index contributed by atoms with van der Waals surface area (Å²) in [5.74, 6) is -0.153. The molecule has 3 unspecified atom stereocenters. The van der Waals surface area contributed by atoms with Crippen LogP contribution in [0.15, 0.2) is 42.7 Å². The number of aromatic amines is 1. The smallest absolute Gasteiger partial charge is 0.123 e. The van der Waals surface area contributed by atoms with Crippen LogP contribution in [0.1, 0.15) is 55.1 Å². The number of halogens is 1. The number of aromatic nitrogens is 2. The minimum atomic E-state index is -0.153. The number of benzene rings is 1. The summed E-state index contributed by atoms with van der Waals surface area (Å²) in [6, 6.07) is 10.6. The van der Waals surface area contributed by atoms with E-state index in [1.54, 1.807) is 12.1 Å². The van der Waals surface area contributed by atoms with E-state index in [0.29, 0.717) is 18.1 Å². The fourth-order valence-corrected chi connectivity index (χ4v) is 5.09. The van der Waals surface area contributed by atoms with Gasteiger partial charge in [-0.3, -0.25) is 9.88 Å². The minimum Gasteiger partial charge on any atom is -0.358 e. The molecule has 4 heterocycles. The third-order valence-corrected chi connectivity index (χ3v) is 6.03. The number of pyridine rings is 1. The molecular weight excluding hydrogens is 313 g/mol.